The second-order valence-electron chi connectivity index (χ2n) is 3.20. The minimum atomic E-state index is 0.780. The molecular formula is C10H14N2O. The minimum Gasteiger partial charge on any atom is -0.490 e. The highest BCUT2D eigenvalue weighted by atomic mass is 16.5. The summed E-state index contributed by atoms with van der Waals surface area (Å²) in [5.41, 5.74) is 2.29. The number of fused-ring (bicyclic) bond motifs is 1. The third kappa shape index (κ3) is 1.41. The van der Waals surface area contributed by atoms with Crippen LogP contribution in [0.5, 0.6) is 5.75 Å². The van der Waals surface area contributed by atoms with Crippen molar-refractivity contribution in [3.63, 3.8) is 0 Å². The summed E-state index contributed by atoms with van der Waals surface area (Å²) >= 11 is 0. The number of hydrogen-bond donors (Lipinski definition) is 1. The van der Waals surface area contributed by atoms with Gasteiger partial charge in [0.15, 0.2) is 0 Å². The summed E-state index contributed by atoms with van der Waals surface area (Å²) < 4.78 is 5.52. The van der Waals surface area contributed by atoms with Gasteiger partial charge in [0.1, 0.15) is 12.4 Å². The number of likely N-dealkylation sites (N-methyl/N-ethyl adjacent to an activating group) is 1. The van der Waals surface area contributed by atoms with Crippen molar-refractivity contribution in [1.82, 2.24) is 0 Å². The average Bonchev–Trinajstić information content (AvgIpc) is 2.18. The summed E-state index contributed by atoms with van der Waals surface area (Å²) in [6.07, 6.45) is 0. The van der Waals surface area contributed by atoms with Gasteiger partial charge in [-0.1, -0.05) is 0 Å². The Morgan fingerprint density at radius 1 is 1.46 bits per heavy atom. The summed E-state index contributed by atoms with van der Waals surface area (Å²) in [6.45, 7) is 1.74. The normalized spacial score (nSPS) is 14.8. The topological polar surface area (TPSA) is 24.5 Å². The van der Waals surface area contributed by atoms with Gasteiger partial charge in [-0.15, -0.1) is 0 Å². The van der Waals surface area contributed by atoms with Crippen molar-refractivity contribution in [3.05, 3.63) is 18.2 Å². The molecule has 0 aliphatic carbocycles. The zero-order valence-corrected chi connectivity index (χ0v) is 8.00. The summed E-state index contributed by atoms with van der Waals surface area (Å²) in [5, 5.41) is 3.12. The summed E-state index contributed by atoms with van der Waals surface area (Å²) in [6, 6.07) is 6.14. The quantitative estimate of drug-likeness (QED) is 0.706. The van der Waals surface area contributed by atoms with Crippen molar-refractivity contribution >= 4 is 11.4 Å². The third-order valence-corrected chi connectivity index (χ3v) is 2.34. The van der Waals surface area contributed by atoms with E-state index in [2.05, 4.69) is 23.3 Å². The van der Waals surface area contributed by atoms with Crippen LogP contribution in [0.4, 0.5) is 11.4 Å². The predicted molar refractivity (Wildman–Crippen MR) is 54.8 cm³/mol. The van der Waals surface area contributed by atoms with E-state index in [1.165, 1.54) is 0 Å². The second-order valence-corrected chi connectivity index (χ2v) is 3.20. The van der Waals surface area contributed by atoms with E-state index in [4.69, 9.17) is 4.74 Å². The number of benzene rings is 1. The maximum Gasteiger partial charge on any atom is 0.142 e. The van der Waals surface area contributed by atoms with E-state index in [-0.39, 0.29) is 0 Å². The smallest absolute Gasteiger partial charge is 0.142 e. The highest BCUT2D eigenvalue weighted by molar-refractivity contribution is 5.66. The first-order chi connectivity index (χ1) is 6.31. The first-order valence-electron chi connectivity index (χ1n) is 4.47. The zero-order valence-electron chi connectivity index (χ0n) is 8.00. The maximum atomic E-state index is 5.52. The van der Waals surface area contributed by atoms with Crippen LogP contribution in [0.1, 0.15) is 0 Å². The summed E-state index contributed by atoms with van der Waals surface area (Å²) in [5.74, 6) is 0.979. The van der Waals surface area contributed by atoms with Crippen LogP contribution in [0.2, 0.25) is 0 Å². The van der Waals surface area contributed by atoms with Crippen molar-refractivity contribution in [3.8, 4) is 5.75 Å². The van der Waals surface area contributed by atoms with E-state index in [0.29, 0.717) is 0 Å². The predicted octanol–water partition coefficient (Wildman–Crippen LogP) is 1.56. The van der Waals surface area contributed by atoms with Crippen molar-refractivity contribution in [2.24, 2.45) is 0 Å². The molecule has 0 aromatic heterocycles. The molecule has 2 rings (SSSR count). The highest BCUT2D eigenvalue weighted by Crippen LogP contribution is 2.32. The molecule has 0 atom stereocenters. The molecule has 3 nitrogen and oxygen atoms in total. The van der Waals surface area contributed by atoms with E-state index < -0.39 is 0 Å². The van der Waals surface area contributed by atoms with Crippen molar-refractivity contribution in [2.75, 3.05) is 37.5 Å². The maximum absolute atomic E-state index is 5.52. The van der Waals surface area contributed by atoms with Gasteiger partial charge in [-0.3, -0.25) is 0 Å². The largest absolute Gasteiger partial charge is 0.490 e. The Balaban J connectivity index is 2.41. The molecule has 1 aliphatic rings. The Kier molecular flexibility index (Phi) is 2.00. The van der Waals surface area contributed by atoms with Gasteiger partial charge in [-0.05, 0) is 18.2 Å². The van der Waals surface area contributed by atoms with Crippen molar-refractivity contribution < 1.29 is 4.74 Å². The molecule has 0 unspecified atom stereocenters. The highest BCUT2D eigenvalue weighted by Gasteiger charge is 2.14. The van der Waals surface area contributed by atoms with Gasteiger partial charge in [0.2, 0.25) is 0 Å². The van der Waals surface area contributed by atoms with Crippen LogP contribution in [0.25, 0.3) is 0 Å². The number of hydrogen-bond acceptors (Lipinski definition) is 3. The lowest BCUT2D eigenvalue weighted by atomic mass is 10.2. The molecule has 3 heteroatoms. The standard InChI is InChI=1S/C10H14N2O/c1-11-8-3-4-10-9(7-8)12(2)5-6-13-10/h3-4,7,11H,5-6H2,1-2H3. The van der Waals surface area contributed by atoms with Crippen LogP contribution >= 0.6 is 0 Å². The molecule has 1 heterocycles. The lowest BCUT2D eigenvalue weighted by Crippen LogP contribution is -2.28. The number of rotatable bonds is 1. The number of nitrogens with zero attached hydrogens (tertiary/aromatic N) is 1. The van der Waals surface area contributed by atoms with E-state index >= 15 is 0 Å². The SMILES string of the molecule is CNc1ccc2c(c1)N(C)CCO2. The molecule has 1 aromatic carbocycles. The molecule has 1 aromatic rings. The Labute approximate surface area is 78.3 Å². The van der Waals surface area contributed by atoms with Gasteiger partial charge in [0.25, 0.3) is 0 Å². The lowest BCUT2D eigenvalue weighted by molar-refractivity contribution is 0.311. The minimum absolute atomic E-state index is 0.780. The fourth-order valence-corrected chi connectivity index (χ4v) is 1.51. The van der Waals surface area contributed by atoms with Crippen molar-refractivity contribution in [2.45, 2.75) is 0 Å². The third-order valence-electron chi connectivity index (χ3n) is 2.34. The van der Waals surface area contributed by atoms with Gasteiger partial charge in [0.05, 0.1) is 12.2 Å². The Hall–Kier alpha value is -1.38. The lowest BCUT2D eigenvalue weighted by Gasteiger charge is -2.27. The Bertz CT molecular complexity index is 312. The Morgan fingerprint density at radius 2 is 2.31 bits per heavy atom. The van der Waals surface area contributed by atoms with E-state index in [1.807, 2.05) is 19.2 Å². The number of nitrogens with one attached hydrogen (secondary N) is 1. The molecule has 1 N–H and O–H groups in total. The molecular weight excluding hydrogens is 164 g/mol. The molecule has 0 saturated heterocycles. The molecule has 13 heavy (non-hydrogen) atoms. The first kappa shape index (κ1) is 8.23. The fourth-order valence-electron chi connectivity index (χ4n) is 1.51. The van der Waals surface area contributed by atoms with E-state index in [0.717, 1.165) is 30.3 Å². The number of ether oxygens (including phenoxy) is 1. The fraction of sp³-hybridized carbons (Fsp3) is 0.400. The number of anilines is 2. The van der Waals surface area contributed by atoms with Crippen LogP contribution in [0, 0.1) is 0 Å². The van der Waals surface area contributed by atoms with Gasteiger partial charge >= 0.3 is 0 Å². The second kappa shape index (κ2) is 3.17. The van der Waals surface area contributed by atoms with Gasteiger partial charge < -0.3 is 15.0 Å². The van der Waals surface area contributed by atoms with Crippen molar-refractivity contribution in [1.29, 1.82) is 0 Å². The monoisotopic (exact) mass is 178 g/mol. The molecule has 0 fully saturated rings. The van der Waals surface area contributed by atoms with Crippen LogP contribution in [-0.2, 0) is 0 Å². The van der Waals surface area contributed by atoms with Crippen LogP contribution in [0.3, 0.4) is 0 Å². The van der Waals surface area contributed by atoms with E-state index in [9.17, 15) is 0 Å². The van der Waals surface area contributed by atoms with Crippen LogP contribution < -0.4 is 15.0 Å². The van der Waals surface area contributed by atoms with Gasteiger partial charge in [-0.2, -0.15) is 0 Å². The van der Waals surface area contributed by atoms with Crippen LogP contribution in [-0.4, -0.2) is 27.2 Å². The Morgan fingerprint density at radius 3 is 3.08 bits per heavy atom. The van der Waals surface area contributed by atoms with E-state index in [1.54, 1.807) is 0 Å². The van der Waals surface area contributed by atoms with Crippen LogP contribution in [0.15, 0.2) is 18.2 Å². The first-order valence-corrected chi connectivity index (χ1v) is 4.47. The molecule has 70 valence electrons. The zero-order chi connectivity index (χ0) is 9.26. The molecule has 1 aliphatic heterocycles. The molecule has 0 spiro atoms. The van der Waals surface area contributed by atoms with Gasteiger partial charge in [-0.25, -0.2) is 0 Å². The molecule has 0 bridgehead atoms. The van der Waals surface area contributed by atoms with Gasteiger partial charge in [0, 0.05) is 19.8 Å². The summed E-state index contributed by atoms with van der Waals surface area (Å²) in [4.78, 5) is 2.21. The average molecular weight is 178 g/mol. The molecule has 0 saturated carbocycles. The summed E-state index contributed by atoms with van der Waals surface area (Å²) in [7, 11) is 4.01. The molecule has 0 amide bonds. The molecule has 0 radical (unpaired) electrons.